The molecule has 1 fully saturated rings. The van der Waals surface area contributed by atoms with Crippen molar-refractivity contribution in [3.05, 3.63) is 47.3 Å². The SMILES string of the molecule is CN=C(NCc1cc(C(=O)OC)c(C)o1)NCC(c1ccco1)N1CCCCC1. The summed E-state index contributed by atoms with van der Waals surface area (Å²) < 4.78 is 16.1. The number of hydrogen-bond acceptors (Lipinski definition) is 6. The molecule has 1 atom stereocenters. The predicted molar refractivity (Wildman–Crippen MR) is 110 cm³/mol. The number of aliphatic imine (C=N–C) groups is 1. The van der Waals surface area contributed by atoms with E-state index in [4.69, 9.17) is 13.6 Å². The van der Waals surface area contributed by atoms with Gasteiger partial charge in [-0.15, -0.1) is 0 Å². The van der Waals surface area contributed by atoms with Gasteiger partial charge in [0.15, 0.2) is 5.96 Å². The standard InChI is InChI=1S/C21H30N4O4/c1-15-17(20(26)27-3)12-16(29-15)13-23-21(22-2)24-14-18(19-8-7-11-28-19)25-9-5-4-6-10-25/h7-8,11-12,18H,4-6,9-10,13-14H2,1-3H3,(H2,22,23,24). The van der Waals surface area contributed by atoms with Crippen LogP contribution in [0, 0.1) is 6.92 Å². The molecule has 2 aromatic rings. The van der Waals surface area contributed by atoms with E-state index >= 15 is 0 Å². The molecule has 2 aromatic heterocycles. The Labute approximate surface area is 171 Å². The minimum atomic E-state index is -0.400. The Morgan fingerprint density at radius 2 is 2.10 bits per heavy atom. The number of ether oxygens (including phenoxy) is 1. The average Bonchev–Trinajstić information content (AvgIpc) is 3.40. The summed E-state index contributed by atoms with van der Waals surface area (Å²) in [6, 6.07) is 5.80. The monoisotopic (exact) mass is 402 g/mol. The number of nitrogens with one attached hydrogen (secondary N) is 2. The molecular formula is C21H30N4O4. The van der Waals surface area contributed by atoms with E-state index in [2.05, 4.69) is 20.5 Å². The Kier molecular flexibility index (Phi) is 7.35. The van der Waals surface area contributed by atoms with Crippen LogP contribution in [0.3, 0.4) is 0 Å². The van der Waals surface area contributed by atoms with Crippen LogP contribution < -0.4 is 10.6 Å². The lowest BCUT2D eigenvalue weighted by Gasteiger charge is -2.33. The molecule has 3 rings (SSSR count). The summed E-state index contributed by atoms with van der Waals surface area (Å²) in [5.41, 5.74) is 0.440. The van der Waals surface area contributed by atoms with Crippen molar-refractivity contribution < 1.29 is 18.4 Å². The maximum atomic E-state index is 11.7. The van der Waals surface area contributed by atoms with E-state index in [1.165, 1.54) is 26.4 Å². The molecule has 0 aromatic carbocycles. The number of furan rings is 2. The molecule has 2 N–H and O–H groups in total. The van der Waals surface area contributed by atoms with Gasteiger partial charge in [0, 0.05) is 13.6 Å². The van der Waals surface area contributed by atoms with Gasteiger partial charge in [-0.2, -0.15) is 0 Å². The molecule has 0 amide bonds. The third-order valence-electron chi connectivity index (χ3n) is 5.19. The highest BCUT2D eigenvalue weighted by Gasteiger charge is 2.24. The van der Waals surface area contributed by atoms with E-state index in [0.29, 0.717) is 36.1 Å². The Hall–Kier alpha value is -2.74. The van der Waals surface area contributed by atoms with Crippen molar-refractivity contribution in [2.24, 2.45) is 4.99 Å². The zero-order chi connectivity index (χ0) is 20.6. The van der Waals surface area contributed by atoms with Crippen LogP contribution >= 0.6 is 0 Å². The Bertz CT molecular complexity index is 807. The molecule has 1 unspecified atom stereocenters. The van der Waals surface area contributed by atoms with Crippen LogP contribution in [0.4, 0.5) is 0 Å². The van der Waals surface area contributed by atoms with Gasteiger partial charge in [0.25, 0.3) is 0 Å². The average molecular weight is 402 g/mol. The van der Waals surface area contributed by atoms with Crippen LogP contribution in [-0.4, -0.2) is 50.6 Å². The normalized spacial score (nSPS) is 16.4. The van der Waals surface area contributed by atoms with Crippen molar-refractivity contribution in [3.63, 3.8) is 0 Å². The van der Waals surface area contributed by atoms with Crippen molar-refractivity contribution >= 4 is 11.9 Å². The number of esters is 1. The number of rotatable bonds is 7. The van der Waals surface area contributed by atoms with Gasteiger partial charge >= 0.3 is 5.97 Å². The Balaban J connectivity index is 1.58. The van der Waals surface area contributed by atoms with Crippen molar-refractivity contribution in [1.29, 1.82) is 0 Å². The van der Waals surface area contributed by atoms with Crippen LogP contribution in [-0.2, 0) is 11.3 Å². The summed E-state index contributed by atoms with van der Waals surface area (Å²) in [6.45, 7) is 4.97. The zero-order valence-corrected chi connectivity index (χ0v) is 17.4. The fourth-order valence-electron chi connectivity index (χ4n) is 3.65. The number of likely N-dealkylation sites (tertiary alicyclic amines) is 1. The van der Waals surface area contributed by atoms with Crippen LogP contribution in [0.5, 0.6) is 0 Å². The van der Waals surface area contributed by atoms with Crippen molar-refractivity contribution in [2.75, 3.05) is 33.8 Å². The first-order valence-corrected chi connectivity index (χ1v) is 10.0. The van der Waals surface area contributed by atoms with E-state index < -0.39 is 5.97 Å². The molecule has 3 heterocycles. The first-order chi connectivity index (χ1) is 14.1. The van der Waals surface area contributed by atoms with Gasteiger partial charge in [-0.1, -0.05) is 6.42 Å². The second-order valence-electron chi connectivity index (χ2n) is 7.11. The van der Waals surface area contributed by atoms with Gasteiger partial charge in [0.1, 0.15) is 22.8 Å². The van der Waals surface area contributed by atoms with Gasteiger partial charge in [0.05, 0.1) is 26.0 Å². The molecule has 0 radical (unpaired) electrons. The molecule has 1 saturated heterocycles. The van der Waals surface area contributed by atoms with E-state index in [0.717, 1.165) is 18.8 Å². The highest BCUT2D eigenvalue weighted by atomic mass is 16.5. The largest absolute Gasteiger partial charge is 0.468 e. The molecule has 8 heteroatoms. The summed E-state index contributed by atoms with van der Waals surface area (Å²) >= 11 is 0. The minimum Gasteiger partial charge on any atom is -0.468 e. The third-order valence-corrected chi connectivity index (χ3v) is 5.19. The molecule has 1 aliphatic rings. The van der Waals surface area contributed by atoms with Crippen LogP contribution in [0.15, 0.2) is 38.3 Å². The van der Waals surface area contributed by atoms with E-state index in [1.807, 2.05) is 12.1 Å². The summed E-state index contributed by atoms with van der Waals surface area (Å²) in [7, 11) is 3.08. The molecule has 158 valence electrons. The summed E-state index contributed by atoms with van der Waals surface area (Å²) in [5, 5.41) is 6.62. The molecule has 0 aliphatic carbocycles. The molecule has 8 nitrogen and oxygen atoms in total. The van der Waals surface area contributed by atoms with Crippen molar-refractivity contribution in [1.82, 2.24) is 15.5 Å². The maximum Gasteiger partial charge on any atom is 0.341 e. The molecular weight excluding hydrogens is 372 g/mol. The topological polar surface area (TPSA) is 92.2 Å². The zero-order valence-electron chi connectivity index (χ0n) is 17.4. The fourth-order valence-corrected chi connectivity index (χ4v) is 3.65. The lowest BCUT2D eigenvalue weighted by atomic mass is 10.1. The third kappa shape index (κ3) is 5.41. The number of carbonyl (C=O) groups excluding carboxylic acids is 1. The van der Waals surface area contributed by atoms with Crippen molar-refractivity contribution in [2.45, 2.75) is 38.8 Å². The number of piperidine rings is 1. The minimum absolute atomic E-state index is 0.153. The number of carbonyl (C=O) groups is 1. The van der Waals surface area contributed by atoms with Gasteiger partial charge in [-0.3, -0.25) is 9.89 Å². The molecule has 0 spiro atoms. The van der Waals surface area contributed by atoms with Crippen LogP contribution in [0.25, 0.3) is 0 Å². The fraction of sp³-hybridized carbons (Fsp3) is 0.524. The van der Waals surface area contributed by atoms with E-state index in [-0.39, 0.29) is 6.04 Å². The number of hydrogen-bond donors (Lipinski definition) is 2. The Morgan fingerprint density at radius 3 is 2.76 bits per heavy atom. The second kappa shape index (κ2) is 10.2. The highest BCUT2D eigenvalue weighted by Crippen LogP contribution is 2.24. The Morgan fingerprint density at radius 1 is 1.31 bits per heavy atom. The van der Waals surface area contributed by atoms with Gasteiger partial charge < -0.3 is 24.2 Å². The van der Waals surface area contributed by atoms with Gasteiger partial charge in [0.2, 0.25) is 0 Å². The number of guanidine groups is 1. The van der Waals surface area contributed by atoms with E-state index in [1.54, 1.807) is 26.3 Å². The smallest absolute Gasteiger partial charge is 0.341 e. The van der Waals surface area contributed by atoms with Gasteiger partial charge in [-0.05, 0) is 51.1 Å². The summed E-state index contributed by atoms with van der Waals surface area (Å²) in [4.78, 5) is 18.5. The van der Waals surface area contributed by atoms with Crippen LogP contribution in [0.2, 0.25) is 0 Å². The molecule has 0 bridgehead atoms. The lowest BCUT2D eigenvalue weighted by Crippen LogP contribution is -2.44. The van der Waals surface area contributed by atoms with E-state index in [9.17, 15) is 4.79 Å². The van der Waals surface area contributed by atoms with Crippen molar-refractivity contribution in [3.8, 4) is 0 Å². The molecule has 0 saturated carbocycles. The lowest BCUT2D eigenvalue weighted by molar-refractivity contribution is 0.0599. The first kappa shape index (κ1) is 21.0. The number of methoxy groups -OCH3 is 1. The quantitative estimate of drug-likeness (QED) is 0.418. The number of aryl methyl sites for hydroxylation is 1. The molecule has 1 aliphatic heterocycles. The predicted octanol–water partition coefficient (Wildman–Crippen LogP) is 2.86. The van der Waals surface area contributed by atoms with Crippen LogP contribution in [0.1, 0.15) is 52.9 Å². The van der Waals surface area contributed by atoms with Gasteiger partial charge in [-0.25, -0.2) is 4.79 Å². The first-order valence-electron chi connectivity index (χ1n) is 10.0. The summed E-state index contributed by atoms with van der Waals surface area (Å²) in [5.74, 6) is 2.40. The molecule has 29 heavy (non-hydrogen) atoms. The summed E-state index contributed by atoms with van der Waals surface area (Å²) in [6.07, 6.45) is 5.43. The second-order valence-corrected chi connectivity index (χ2v) is 7.11. The highest BCUT2D eigenvalue weighted by molar-refractivity contribution is 5.90. The number of nitrogens with zero attached hydrogens (tertiary/aromatic N) is 2. The maximum absolute atomic E-state index is 11.7.